The summed E-state index contributed by atoms with van der Waals surface area (Å²) in [4.78, 5) is 15.4. The Bertz CT molecular complexity index is 1040. The number of carbonyl (C=O) groups is 1. The molecule has 1 fully saturated rings. The lowest BCUT2D eigenvalue weighted by Crippen LogP contribution is -2.49. The molecular formula is C23H29Cl2N3O3S. The molecule has 1 heterocycles. The molecule has 9 heteroatoms. The van der Waals surface area contributed by atoms with Crippen molar-refractivity contribution in [1.82, 2.24) is 10.2 Å². The van der Waals surface area contributed by atoms with Gasteiger partial charge in [-0.1, -0.05) is 54.4 Å². The van der Waals surface area contributed by atoms with Crippen LogP contribution in [0.3, 0.4) is 0 Å². The van der Waals surface area contributed by atoms with Crippen molar-refractivity contribution in [3.05, 3.63) is 63.6 Å². The van der Waals surface area contributed by atoms with Gasteiger partial charge in [-0.05, 0) is 61.7 Å². The molecule has 0 spiro atoms. The SMILES string of the molecule is CCC(C(=O)NCc1ccc(CN2CCCC2)cc1)N(c1ccc(Cl)c(Cl)c1)S(C)(=O)=O. The van der Waals surface area contributed by atoms with Gasteiger partial charge in [-0.2, -0.15) is 0 Å². The zero-order valence-electron chi connectivity index (χ0n) is 18.4. The minimum Gasteiger partial charge on any atom is -0.350 e. The van der Waals surface area contributed by atoms with E-state index in [1.54, 1.807) is 13.0 Å². The first-order chi connectivity index (χ1) is 15.2. The van der Waals surface area contributed by atoms with Crippen LogP contribution in [0.1, 0.15) is 37.3 Å². The highest BCUT2D eigenvalue weighted by atomic mass is 35.5. The van der Waals surface area contributed by atoms with Gasteiger partial charge in [0.05, 0.1) is 22.0 Å². The number of sulfonamides is 1. The molecule has 1 N–H and O–H groups in total. The van der Waals surface area contributed by atoms with E-state index in [2.05, 4.69) is 22.3 Å². The molecule has 2 aromatic carbocycles. The Morgan fingerprint density at radius 3 is 2.25 bits per heavy atom. The Morgan fingerprint density at radius 1 is 1.06 bits per heavy atom. The van der Waals surface area contributed by atoms with Gasteiger partial charge in [-0.25, -0.2) is 8.42 Å². The number of likely N-dealkylation sites (tertiary alicyclic amines) is 1. The quantitative estimate of drug-likeness (QED) is 0.555. The van der Waals surface area contributed by atoms with Crippen molar-refractivity contribution in [2.24, 2.45) is 0 Å². The number of benzene rings is 2. The molecule has 174 valence electrons. The number of nitrogens with one attached hydrogen (secondary N) is 1. The second-order valence-electron chi connectivity index (χ2n) is 8.10. The van der Waals surface area contributed by atoms with Gasteiger partial charge in [0.2, 0.25) is 15.9 Å². The van der Waals surface area contributed by atoms with Crippen LogP contribution in [0.15, 0.2) is 42.5 Å². The second kappa shape index (κ2) is 10.9. The monoisotopic (exact) mass is 497 g/mol. The largest absolute Gasteiger partial charge is 0.350 e. The fourth-order valence-electron chi connectivity index (χ4n) is 3.95. The zero-order chi connectivity index (χ0) is 23.3. The first kappa shape index (κ1) is 24.8. The molecule has 0 bridgehead atoms. The fourth-order valence-corrected chi connectivity index (χ4v) is 5.45. The summed E-state index contributed by atoms with van der Waals surface area (Å²) in [6.07, 6.45) is 3.89. The predicted molar refractivity (Wildman–Crippen MR) is 131 cm³/mol. The smallest absolute Gasteiger partial charge is 0.244 e. The molecule has 1 aliphatic rings. The molecule has 2 aromatic rings. The molecule has 0 radical (unpaired) electrons. The van der Waals surface area contributed by atoms with Crippen molar-refractivity contribution in [2.45, 2.75) is 45.3 Å². The molecule has 3 rings (SSSR count). The van der Waals surface area contributed by atoms with Crippen LogP contribution in [0.5, 0.6) is 0 Å². The molecule has 6 nitrogen and oxygen atoms in total. The minimum atomic E-state index is -3.74. The van der Waals surface area contributed by atoms with Crippen molar-refractivity contribution in [2.75, 3.05) is 23.7 Å². The van der Waals surface area contributed by atoms with Gasteiger partial charge in [0.1, 0.15) is 6.04 Å². The fraction of sp³-hybridized carbons (Fsp3) is 0.435. The number of anilines is 1. The van der Waals surface area contributed by atoms with Crippen molar-refractivity contribution in [3.63, 3.8) is 0 Å². The van der Waals surface area contributed by atoms with Crippen LogP contribution in [0.25, 0.3) is 0 Å². The number of carbonyl (C=O) groups excluding carboxylic acids is 1. The molecule has 0 saturated carbocycles. The van der Waals surface area contributed by atoms with Gasteiger partial charge in [-0.3, -0.25) is 14.0 Å². The van der Waals surface area contributed by atoms with E-state index in [1.807, 2.05) is 12.1 Å². The van der Waals surface area contributed by atoms with E-state index < -0.39 is 16.1 Å². The van der Waals surface area contributed by atoms with Crippen LogP contribution in [-0.2, 0) is 27.9 Å². The van der Waals surface area contributed by atoms with Crippen molar-refractivity contribution in [3.8, 4) is 0 Å². The van der Waals surface area contributed by atoms with E-state index in [0.29, 0.717) is 23.7 Å². The van der Waals surface area contributed by atoms with Crippen LogP contribution >= 0.6 is 23.2 Å². The van der Waals surface area contributed by atoms with E-state index in [0.717, 1.165) is 35.8 Å². The maximum absolute atomic E-state index is 13.0. The number of amides is 1. The molecule has 1 saturated heterocycles. The highest BCUT2D eigenvalue weighted by Crippen LogP contribution is 2.30. The number of nitrogens with zero attached hydrogens (tertiary/aromatic N) is 2. The average Bonchev–Trinajstić information content (AvgIpc) is 3.25. The summed E-state index contributed by atoms with van der Waals surface area (Å²) in [5.41, 5.74) is 2.50. The van der Waals surface area contributed by atoms with Gasteiger partial charge < -0.3 is 5.32 Å². The molecule has 1 amide bonds. The summed E-state index contributed by atoms with van der Waals surface area (Å²) >= 11 is 12.1. The van der Waals surface area contributed by atoms with E-state index in [1.165, 1.54) is 30.5 Å². The summed E-state index contributed by atoms with van der Waals surface area (Å²) in [5.74, 6) is -0.370. The Hall–Kier alpha value is -1.80. The van der Waals surface area contributed by atoms with Crippen molar-refractivity contribution in [1.29, 1.82) is 0 Å². The van der Waals surface area contributed by atoms with E-state index in [-0.39, 0.29) is 10.9 Å². The zero-order valence-corrected chi connectivity index (χ0v) is 20.7. The standard InChI is InChI=1S/C23H29Cl2N3O3S/c1-3-22(28(32(2,30)31)19-10-11-20(24)21(25)14-19)23(29)26-15-17-6-8-18(9-7-17)16-27-12-4-5-13-27/h6-11,14,22H,3-5,12-13,15-16H2,1-2H3,(H,26,29). The average molecular weight is 498 g/mol. The van der Waals surface area contributed by atoms with E-state index >= 15 is 0 Å². The molecule has 1 unspecified atom stereocenters. The predicted octanol–water partition coefficient (Wildman–Crippen LogP) is 4.45. The maximum Gasteiger partial charge on any atom is 0.244 e. The molecule has 0 aromatic heterocycles. The second-order valence-corrected chi connectivity index (χ2v) is 10.8. The van der Waals surface area contributed by atoms with Crippen LogP contribution in [0.2, 0.25) is 10.0 Å². The summed E-state index contributed by atoms with van der Waals surface area (Å²) in [7, 11) is -3.74. The first-order valence-electron chi connectivity index (χ1n) is 10.7. The van der Waals surface area contributed by atoms with Crippen LogP contribution in [0.4, 0.5) is 5.69 Å². The van der Waals surface area contributed by atoms with Gasteiger partial charge >= 0.3 is 0 Å². The summed E-state index contributed by atoms with van der Waals surface area (Å²) in [5, 5.41) is 3.41. The lowest BCUT2D eigenvalue weighted by molar-refractivity contribution is -0.122. The minimum absolute atomic E-state index is 0.224. The third-order valence-electron chi connectivity index (χ3n) is 5.58. The van der Waals surface area contributed by atoms with Crippen molar-refractivity contribution < 1.29 is 13.2 Å². The molecule has 1 atom stereocenters. The number of hydrogen-bond acceptors (Lipinski definition) is 4. The molecule has 1 aliphatic heterocycles. The van der Waals surface area contributed by atoms with Crippen LogP contribution < -0.4 is 9.62 Å². The summed E-state index contributed by atoms with van der Waals surface area (Å²) < 4.78 is 26.2. The van der Waals surface area contributed by atoms with Gasteiger partial charge in [0.25, 0.3) is 0 Å². The Morgan fingerprint density at radius 2 is 1.69 bits per heavy atom. The highest BCUT2D eigenvalue weighted by molar-refractivity contribution is 7.92. The van der Waals surface area contributed by atoms with Crippen molar-refractivity contribution >= 4 is 44.8 Å². The molecular weight excluding hydrogens is 469 g/mol. The third kappa shape index (κ3) is 6.38. The number of halogens is 2. The van der Waals surface area contributed by atoms with Crippen LogP contribution in [-0.4, -0.2) is 44.6 Å². The number of rotatable bonds is 9. The topological polar surface area (TPSA) is 69.7 Å². The Kier molecular flexibility index (Phi) is 8.44. The lowest BCUT2D eigenvalue weighted by Gasteiger charge is -2.30. The lowest BCUT2D eigenvalue weighted by atomic mass is 10.1. The molecule has 0 aliphatic carbocycles. The maximum atomic E-state index is 13.0. The van der Waals surface area contributed by atoms with Gasteiger partial charge in [0.15, 0.2) is 0 Å². The normalized spacial score (nSPS) is 15.5. The number of hydrogen-bond donors (Lipinski definition) is 1. The Labute approximate surface area is 200 Å². The van der Waals surface area contributed by atoms with Gasteiger partial charge in [-0.15, -0.1) is 0 Å². The van der Waals surface area contributed by atoms with E-state index in [9.17, 15) is 13.2 Å². The highest BCUT2D eigenvalue weighted by Gasteiger charge is 2.31. The summed E-state index contributed by atoms with van der Waals surface area (Å²) in [6.45, 7) is 5.32. The Balaban J connectivity index is 1.68. The van der Waals surface area contributed by atoms with Gasteiger partial charge in [0, 0.05) is 13.1 Å². The van der Waals surface area contributed by atoms with E-state index in [4.69, 9.17) is 23.2 Å². The molecule has 32 heavy (non-hydrogen) atoms. The van der Waals surface area contributed by atoms with Crippen LogP contribution in [0, 0.1) is 0 Å². The summed E-state index contributed by atoms with van der Waals surface area (Å²) in [6, 6.07) is 11.8. The third-order valence-corrected chi connectivity index (χ3v) is 7.50. The first-order valence-corrected chi connectivity index (χ1v) is 13.3.